The molecule has 5 nitrogen and oxygen atoms in total. The molecule has 0 spiro atoms. The van der Waals surface area contributed by atoms with Crippen molar-refractivity contribution in [3.63, 3.8) is 0 Å². The largest absolute Gasteiger partial charge is 0.399 e. The summed E-state index contributed by atoms with van der Waals surface area (Å²) in [6.07, 6.45) is 18.0. The Hall–Kier alpha value is -5.69. The van der Waals surface area contributed by atoms with Gasteiger partial charge in [0.1, 0.15) is 10.1 Å². The lowest BCUT2D eigenvalue weighted by molar-refractivity contribution is 0.464. The highest BCUT2D eigenvalue weighted by Gasteiger charge is 2.29. The fourth-order valence-corrected chi connectivity index (χ4v) is 8.11. The molecule has 52 heavy (non-hydrogen) atoms. The molecule has 0 saturated carbocycles. The van der Waals surface area contributed by atoms with E-state index in [9.17, 15) is 5.41 Å². The van der Waals surface area contributed by atoms with E-state index in [1.807, 2.05) is 36.4 Å². The number of hydrogen-bond donors (Lipinski definition) is 5. The van der Waals surface area contributed by atoms with Crippen LogP contribution in [0.5, 0.6) is 0 Å². The van der Waals surface area contributed by atoms with Gasteiger partial charge in [-0.1, -0.05) is 133 Å². The van der Waals surface area contributed by atoms with Crippen molar-refractivity contribution in [2.24, 2.45) is 0 Å². The highest BCUT2D eigenvalue weighted by molar-refractivity contribution is 8.27. The molecule has 256 valence electrons. The Balaban J connectivity index is 1.13. The van der Waals surface area contributed by atoms with Gasteiger partial charge in [-0.15, -0.1) is 0 Å². The first-order valence-corrected chi connectivity index (χ1v) is 18.7. The first-order valence-electron chi connectivity index (χ1n) is 17.9. The average Bonchev–Trinajstić information content (AvgIpc) is 3.21. The Morgan fingerprint density at radius 2 is 1.58 bits per heavy atom. The molecular formula is C46H41N5S. The Morgan fingerprint density at radius 1 is 0.769 bits per heavy atom. The van der Waals surface area contributed by atoms with E-state index in [1.165, 1.54) is 22.9 Å². The number of hydrogen-bond acceptors (Lipinski definition) is 6. The minimum Gasteiger partial charge on any atom is -0.399 e. The summed E-state index contributed by atoms with van der Waals surface area (Å²) < 4.78 is 0. The van der Waals surface area contributed by atoms with Crippen LogP contribution in [0.15, 0.2) is 169 Å². The van der Waals surface area contributed by atoms with E-state index in [4.69, 9.17) is 11.1 Å². The zero-order valence-corrected chi connectivity index (χ0v) is 29.7. The SMILES string of the molecule is N=C(SC(=N)c1cc(C2=CNC(C3=CC=CCC3)NC2c2cccc(-c3ccc(N)cc3)c2)cc2ccccc12)C1=CCC(c2ccccc2)C=C1. The Bertz CT molecular complexity index is 2310. The molecule has 6 heteroatoms. The topological polar surface area (TPSA) is 97.8 Å². The number of benzene rings is 5. The lowest BCUT2D eigenvalue weighted by Gasteiger charge is -2.35. The summed E-state index contributed by atoms with van der Waals surface area (Å²) in [5.41, 5.74) is 16.6. The Labute approximate surface area is 309 Å². The van der Waals surface area contributed by atoms with Crippen molar-refractivity contribution < 1.29 is 0 Å². The lowest BCUT2D eigenvalue weighted by Crippen LogP contribution is -2.47. The molecule has 8 rings (SSSR count). The normalized spacial score (nSPS) is 19.7. The maximum Gasteiger partial charge on any atom is 0.101 e. The van der Waals surface area contributed by atoms with Gasteiger partial charge in [-0.3, -0.25) is 16.1 Å². The second-order valence-electron chi connectivity index (χ2n) is 13.5. The number of anilines is 1. The molecule has 2 aliphatic carbocycles. The van der Waals surface area contributed by atoms with Gasteiger partial charge in [-0.05, 0) is 99.3 Å². The maximum absolute atomic E-state index is 9.36. The molecule has 1 heterocycles. The number of thioether (sulfide) groups is 1. The van der Waals surface area contributed by atoms with Gasteiger partial charge < -0.3 is 11.1 Å². The smallest absolute Gasteiger partial charge is 0.101 e. The molecule has 6 N–H and O–H groups in total. The third kappa shape index (κ3) is 7.09. The molecule has 1 aliphatic heterocycles. The fourth-order valence-electron chi connectivity index (χ4n) is 7.35. The van der Waals surface area contributed by atoms with E-state index < -0.39 is 0 Å². The zero-order valence-electron chi connectivity index (χ0n) is 28.9. The molecule has 3 atom stereocenters. The van der Waals surface area contributed by atoms with E-state index in [-0.39, 0.29) is 12.2 Å². The van der Waals surface area contributed by atoms with Gasteiger partial charge in [0, 0.05) is 28.9 Å². The van der Waals surface area contributed by atoms with Gasteiger partial charge in [0.2, 0.25) is 0 Å². The number of fused-ring (bicyclic) bond motifs is 1. The van der Waals surface area contributed by atoms with Crippen molar-refractivity contribution in [3.8, 4) is 11.1 Å². The molecule has 5 aromatic rings. The van der Waals surface area contributed by atoms with Crippen LogP contribution in [-0.2, 0) is 0 Å². The van der Waals surface area contributed by atoms with Crippen LogP contribution < -0.4 is 16.4 Å². The zero-order chi connectivity index (χ0) is 35.4. The molecule has 0 bridgehead atoms. The van der Waals surface area contributed by atoms with Crippen LogP contribution in [0.4, 0.5) is 5.69 Å². The van der Waals surface area contributed by atoms with Gasteiger partial charge in [0.05, 0.1) is 12.2 Å². The average molecular weight is 696 g/mol. The molecule has 0 radical (unpaired) electrons. The maximum atomic E-state index is 9.36. The van der Waals surface area contributed by atoms with Gasteiger partial charge in [0.15, 0.2) is 0 Å². The van der Waals surface area contributed by atoms with Crippen LogP contribution in [0.25, 0.3) is 27.5 Å². The second kappa shape index (κ2) is 14.9. The molecule has 0 aromatic heterocycles. The monoisotopic (exact) mass is 695 g/mol. The molecule has 0 fully saturated rings. The van der Waals surface area contributed by atoms with Crippen molar-refractivity contribution in [3.05, 3.63) is 191 Å². The number of rotatable bonds is 7. The highest BCUT2D eigenvalue weighted by atomic mass is 32.2. The third-order valence-electron chi connectivity index (χ3n) is 10.2. The Kier molecular flexibility index (Phi) is 9.58. The van der Waals surface area contributed by atoms with Gasteiger partial charge in [-0.2, -0.15) is 0 Å². The van der Waals surface area contributed by atoms with Crippen LogP contribution in [0.1, 0.15) is 53.5 Å². The predicted molar refractivity (Wildman–Crippen MR) is 221 cm³/mol. The van der Waals surface area contributed by atoms with Crippen LogP contribution in [0.3, 0.4) is 0 Å². The van der Waals surface area contributed by atoms with E-state index in [0.29, 0.717) is 16.0 Å². The summed E-state index contributed by atoms with van der Waals surface area (Å²) >= 11 is 1.22. The quantitative estimate of drug-likeness (QED) is 0.0665. The summed E-state index contributed by atoms with van der Waals surface area (Å²) in [6, 6.07) is 39.8. The van der Waals surface area contributed by atoms with Crippen molar-refractivity contribution in [2.45, 2.75) is 37.4 Å². The standard InChI is InChI=1S/C46H41N5S/c47-39-24-22-32(23-25-39)35-15-9-16-37(26-35)43-42(29-50-46(51-43)34-12-5-2-6-13-34)38-27-36-14-7-8-17-40(36)41(28-38)45(49)52-44(48)33-20-18-31(19-21-33)30-10-3-1-4-11-30/h1-5,7-12,14-18,20-29,31,43,46,48-51H,6,13,19,47H2. The van der Waals surface area contributed by atoms with E-state index in [2.05, 4.69) is 132 Å². The molecule has 0 saturated heterocycles. The van der Waals surface area contributed by atoms with Crippen molar-refractivity contribution >= 4 is 43.9 Å². The van der Waals surface area contributed by atoms with Crippen LogP contribution in [-0.4, -0.2) is 16.3 Å². The summed E-state index contributed by atoms with van der Waals surface area (Å²) in [5.74, 6) is 0.305. The summed E-state index contributed by atoms with van der Waals surface area (Å²) in [4.78, 5) is 0. The summed E-state index contributed by atoms with van der Waals surface area (Å²) in [7, 11) is 0. The first-order chi connectivity index (χ1) is 25.5. The third-order valence-corrected chi connectivity index (χ3v) is 11.0. The van der Waals surface area contributed by atoms with Gasteiger partial charge >= 0.3 is 0 Å². The van der Waals surface area contributed by atoms with Crippen molar-refractivity contribution in [1.29, 1.82) is 10.8 Å². The molecule has 3 aliphatic rings. The number of nitrogens with one attached hydrogen (secondary N) is 4. The van der Waals surface area contributed by atoms with E-state index in [0.717, 1.165) is 74.7 Å². The van der Waals surface area contributed by atoms with Crippen molar-refractivity contribution in [2.75, 3.05) is 5.73 Å². The minimum absolute atomic E-state index is 0.00792. The molecule has 0 amide bonds. The van der Waals surface area contributed by atoms with Gasteiger partial charge in [0.25, 0.3) is 0 Å². The molecule has 3 unspecified atom stereocenters. The van der Waals surface area contributed by atoms with E-state index >= 15 is 0 Å². The summed E-state index contributed by atoms with van der Waals surface area (Å²) in [5, 5.41) is 28.8. The fraction of sp³-hybridized carbons (Fsp3) is 0.130. The van der Waals surface area contributed by atoms with Crippen LogP contribution in [0, 0.1) is 10.8 Å². The highest BCUT2D eigenvalue weighted by Crippen LogP contribution is 2.38. The molecule has 5 aromatic carbocycles. The number of nitrogens with two attached hydrogens (primary N) is 1. The summed E-state index contributed by atoms with van der Waals surface area (Å²) in [6.45, 7) is 0. The van der Waals surface area contributed by atoms with Gasteiger partial charge in [-0.25, -0.2) is 0 Å². The van der Waals surface area contributed by atoms with Crippen LogP contribution in [0.2, 0.25) is 0 Å². The van der Waals surface area contributed by atoms with E-state index in [1.54, 1.807) is 0 Å². The number of nitrogen functional groups attached to an aromatic ring is 1. The molecular weight excluding hydrogens is 655 g/mol. The first kappa shape index (κ1) is 33.5. The second-order valence-corrected chi connectivity index (χ2v) is 14.6. The lowest BCUT2D eigenvalue weighted by atomic mass is 9.87. The number of allylic oxidation sites excluding steroid dienone is 6. The van der Waals surface area contributed by atoms with Crippen LogP contribution >= 0.6 is 11.8 Å². The van der Waals surface area contributed by atoms with Crippen molar-refractivity contribution in [1.82, 2.24) is 10.6 Å². The Morgan fingerprint density at radius 3 is 2.37 bits per heavy atom. The minimum atomic E-state index is -0.115. The predicted octanol–water partition coefficient (Wildman–Crippen LogP) is 10.7.